The number of imide groups is 1. The molecule has 7 heteroatoms. The molecular weight excluding hydrogens is 361 g/mol. The Hall–Kier alpha value is -3.35. The minimum absolute atomic E-state index is 0.212. The standard InChI is InChI=1S/C21H16FN3O3/c1-11(26)18-16-17(19-15-5-3-2-4-12(15)10-23-25(18)19)21(28)24(20(16)27)14-8-6-13(22)7-9-14/h2-10,16-19H,1H3. The number of hydrazone groups is 1. The Labute approximate surface area is 160 Å². The molecule has 140 valence electrons. The van der Waals surface area contributed by atoms with Crippen LogP contribution in [0.25, 0.3) is 0 Å². The van der Waals surface area contributed by atoms with Crippen LogP contribution in [0.5, 0.6) is 0 Å². The van der Waals surface area contributed by atoms with Gasteiger partial charge < -0.3 is 0 Å². The zero-order chi connectivity index (χ0) is 19.6. The van der Waals surface area contributed by atoms with Gasteiger partial charge in [0.15, 0.2) is 5.78 Å². The van der Waals surface area contributed by atoms with Gasteiger partial charge in [0.05, 0.1) is 29.8 Å². The van der Waals surface area contributed by atoms with Crippen LogP contribution in [-0.2, 0) is 14.4 Å². The molecule has 6 nitrogen and oxygen atoms in total. The number of carbonyl (C=O) groups is 3. The Morgan fingerprint density at radius 2 is 1.68 bits per heavy atom. The minimum Gasteiger partial charge on any atom is -0.298 e. The quantitative estimate of drug-likeness (QED) is 0.753. The third-order valence-corrected chi connectivity index (χ3v) is 5.79. The Bertz CT molecular complexity index is 1050. The molecule has 4 unspecified atom stereocenters. The summed E-state index contributed by atoms with van der Waals surface area (Å²) in [6.45, 7) is 1.42. The second kappa shape index (κ2) is 5.82. The molecule has 0 aliphatic carbocycles. The fraction of sp³-hybridized carbons (Fsp3) is 0.238. The van der Waals surface area contributed by atoms with E-state index in [0.717, 1.165) is 16.0 Å². The second-order valence-corrected chi connectivity index (χ2v) is 7.29. The molecule has 2 amide bonds. The number of benzene rings is 2. The number of rotatable bonds is 2. The van der Waals surface area contributed by atoms with Crippen molar-refractivity contribution in [2.75, 3.05) is 4.90 Å². The minimum atomic E-state index is -0.816. The number of amides is 2. The number of anilines is 1. The largest absolute Gasteiger partial charge is 0.298 e. The van der Waals surface area contributed by atoms with E-state index in [1.807, 2.05) is 24.3 Å². The van der Waals surface area contributed by atoms with Crippen molar-refractivity contribution in [1.82, 2.24) is 5.01 Å². The monoisotopic (exact) mass is 377 g/mol. The lowest BCUT2D eigenvalue weighted by molar-refractivity contribution is -0.129. The summed E-state index contributed by atoms with van der Waals surface area (Å²) in [5, 5.41) is 6.02. The number of halogens is 1. The molecule has 3 aliphatic rings. The first-order valence-corrected chi connectivity index (χ1v) is 9.04. The van der Waals surface area contributed by atoms with Gasteiger partial charge in [0.1, 0.15) is 11.9 Å². The number of ketones is 1. The molecule has 3 aliphatic heterocycles. The van der Waals surface area contributed by atoms with E-state index >= 15 is 0 Å². The third kappa shape index (κ3) is 2.13. The lowest BCUT2D eigenvalue weighted by atomic mass is 9.84. The highest BCUT2D eigenvalue weighted by Gasteiger charge is 2.64. The molecule has 4 atom stereocenters. The zero-order valence-corrected chi connectivity index (χ0v) is 14.9. The Morgan fingerprint density at radius 3 is 2.39 bits per heavy atom. The first kappa shape index (κ1) is 16.8. The van der Waals surface area contributed by atoms with E-state index in [4.69, 9.17) is 0 Å². The fourth-order valence-corrected chi connectivity index (χ4v) is 4.67. The van der Waals surface area contributed by atoms with Crippen LogP contribution in [-0.4, -0.2) is 34.9 Å². The number of Topliss-reactive ketones (excluding diaryl/α,β-unsaturated/α-hetero) is 1. The van der Waals surface area contributed by atoms with Gasteiger partial charge in [-0.1, -0.05) is 24.3 Å². The zero-order valence-electron chi connectivity index (χ0n) is 14.9. The average molecular weight is 377 g/mol. The lowest BCUT2D eigenvalue weighted by Crippen LogP contribution is -2.43. The fourth-order valence-electron chi connectivity index (χ4n) is 4.67. The van der Waals surface area contributed by atoms with Crippen molar-refractivity contribution in [2.45, 2.75) is 19.0 Å². The molecule has 3 heterocycles. The van der Waals surface area contributed by atoms with Gasteiger partial charge in [0.2, 0.25) is 11.8 Å². The Kier molecular flexibility index (Phi) is 3.49. The van der Waals surface area contributed by atoms with Gasteiger partial charge in [0, 0.05) is 0 Å². The predicted molar refractivity (Wildman–Crippen MR) is 99.0 cm³/mol. The van der Waals surface area contributed by atoms with Crippen molar-refractivity contribution in [1.29, 1.82) is 0 Å². The molecule has 0 saturated carbocycles. The highest BCUT2D eigenvalue weighted by Crippen LogP contribution is 2.52. The van der Waals surface area contributed by atoms with Crippen LogP contribution in [0.1, 0.15) is 24.1 Å². The summed E-state index contributed by atoms with van der Waals surface area (Å²) in [5.74, 6) is -3.02. The summed E-state index contributed by atoms with van der Waals surface area (Å²) in [4.78, 5) is 40.1. The molecule has 28 heavy (non-hydrogen) atoms. The normalized spacial score (nSPS) is 27.6. The first-order valence-electron chi connectivity index (χ1n) is 9.04. The lowest BCUT2D eigenvalue weighted by Gasteiger charge is -2.33. The van der Waals surface area contributed by atoms with Crippen LogP contribution in [0.3, 0.4) is 0 Å². The number of nitrogens with zero attached hydrogens (tertiary/aromatic N) is 3. The van der Waals surface area contributed by atoms with E-state index in [1.165, 1.54) is 31.2 Å². The number of hydrogen-bond donors (Lipinski definition) is 0. The van der Waals surface area contributed by atoms with Crippen molar-refractivity contribution in [3.05, 3.63) is 65.5 Å². The topological polar surface area (TPSA) is 70.0 Å². The molecule has 0 N–H and O–H groups in total. The molecule has 0 radical (unpaired) electrons. The van der Waals surface area contributed by atoms with Crippen molar-refractivity contribution in [2.24, 2.45) is 16.9 Å². The molecular formula is C21H16FN3O3. The van der Waals surface area contributed by atoms with E-state index in [0.29, 0.717) is 5.69 Å². The van der Waals surface area contributed by atoms with Crippen LogP contribution in [0.15, 0.2) is 53.6 Å². The van der Waals surface area contributed by atoms with Crippen molar-refractivity contribution in [3.8, 4) is 0 Å². The SMILES string of the molecule is CC(=O)C1C2C(=O)N(c3ccc(F)cc3)C(=O)C2C2c3ccccc3C=NN12. The molecule has 2 aromatic carbocycles. The van der Waals surface area contributed by atoms with Crippen molar-refractivity contribution in [3.63, 3.8) is 0 Å². The van der Waals surface area contributed by atoms with Gasteiger partial charge in [0.25, 0.3) is 0 Å². The van der Waals surface area contributed by atoms with Gasteiger partial charge in [-0.3, -0.25) is 19.4 Å². The summed E-state index contributed by atoms with van der Waals surface area (Å²) in [6, 6.07) is 11.5. The summed E-state index contributed by atoms with van der Waals surface area (Å²) < 4.78 is 13.3. The first-order chi connectivity index (χ1) is 13.5. The number of fused-ring (bicyclic) bond motifs is 5. The van der Waals surface area contributed by atoms with Gasteiger partial charge >= 0.3 is 0 Å². The smallest absolute Gasteiger partial charge is 0.240 e. The van der Waals surface area contributed by atoms with Crippen LogP contribution in [0.4, 0.5) is 10.1 Å². The maximum atomic E-state index is 13.3. The number of carbonyl (C=O) groups excluding carboxylic acids is 3. The molecule has 5 rings (SSSR count). The second-order valence-electron chi connectivity index (χ2n) is 7.29. The Morgan fingerprint density at radius 1 is 1.00 bits per heavy atom. The maximum Gasteiger partial charge on any atom is 0.240 e. The molecule has 2 saturated heterocycles. The van der Waals surface area contributed by atoms with Gasteiger partial charge in [-0.25, -0.2) is 9.29 Å². The summed E-state index contributed by atoms with van der Waals surface area (Å²) in [5.41, 5.74) is 2.05. The van der Waals surface area contributed by atoms with Crippen molar-refractivity contribution < 1.29 is 18.8 Å². The molecule has 0 spiro atoms. The van der Waals surface area contributed by atoms with Crippen LogP contribution < -0.4 is 4.90 Å². The van der Waals surface area contributed by atoms with Crippen LogP contribution in [0.2, 0.25) is 0 Å². The van der Waals surface area contributed by atoms with E-state index in [-0.39, 0.29) is 11.7 Å². The molecule has 2 aromatic rings. The van der Waals surface area contributed by atoms with E-state index in [2.05, 4.69) is 5.10 Å². The van der Waals surface area contributed by atoms with Crippen LogP contribution in [0, 0.1) is 17.7 Å². The maximum absolute atomic E-state index is 13.3. The summed E-state index contributed by atoms with van der Waals surface area (Å²) in [7, 11) is 0. The molecule has 0 aromatic heterocycles. The highest BCUT2D eigenvalue weighted by atomic mass is 19.1. The van der Waals surface area contributed by atoms with E-state index < -0.39 is 35.6 Å². The Balaban J connectivity index is 1.65. The van der Waals surface area contributed by atoms with E-state index in [9.17, 15) is 18.8 Å². The van der Waals surface area contributed by atoms with Gasteiger partial charge in [-0.2, -0.15) is 5.10 Å². The molecule has 2 fully saturated rings. The third-order valence-electron chi connectivity index (χ3n) is 5.79. The number of hydrogen-bond acceptors (Lipinski definition) is 5. The van der Waals surface area contributed by atoms with E-state index in [1.54, 1.807) is 11.2 Å². The van der Waals surface area contributed by atoms with Gasteiger partial charge in [-0.15, -0.1) is 0 Å². The average Bonchev–Trinajstić information content (AvgIpc) is 3.16. The highest BCUT2D eigenvalue weighted by molar-refractivity contribution is 6.24. The van der Waals surface area contributed by atoms with Crippen molar-refractivity contribution >= 4 is 29.5 Å². The molecule has 0 bridgehead atoms. The van der Waals surface area contributed by atoms with Gasteiger partial charge in [-0.05, 0) is 42.3 Å². The predicted octanol–water partition coefficient (Wildman–Crippen LogP) is 2.29. The summed E-state index contributed by atoms with van der Waals surface area (Å²) >= 11 is 0. The van der Waals surface area contributed by atoms with Crippen LogP contribution >= 0.6 is 0 Å². The summed E-state index contributed by atoms with van der Waals surface area (Å²) in [6.07, 6.45) is 1.66.